The summed E-state index contributed by atoms with van der Waals surface area (Å²) < 4.78 is 33.1. The molecule has 1 saturated heterocycles. The summed E-state index contributed by atoms with van der Waals surface area (Å²) in [6.07, 6.45) is 4.04. The van der Waals surface area contributed by atoms with Crippen molar-refractivity contribution in [3.8, 4) is 0 Å². The predicted octanol–water partition coefficient (Wildman–Crippen LogP) is 0.0192. The Morgan fingerprint density at radius 2 is 2.24 bits per heavy atom. The number of hydrogen-bond acceptors (Lipinski definition) is 5. The van der Waals surface area contributed by atoms with Crippen LogP contribution in [0, 0.1) is 5.92 Å². The van der Waals surface area contributed by atoms with E-state index in [4.69, 9.17) is 4.74 Å². The van der Waals surface area contributed by atoms with Crippen LogP contribution in [0.15, 0.2) is 12.5 Å². The lowest BCUT2D eigenvalue weighted by Crippen LogP contribution is -2.45. The van der Waals surface area contributed by atoms with E-state index in [1.54, 1.807) is 13.1 Å². The molecule has 1 aromatic rings. The molecule has 0 spiro atoms. The molecular weight excluding hydrogens is 296 g/mol. The fourth-order valence-corrected chi connectivity index (χ4v) is 3.45. The Bertz CT molecular complexity index is 550. The molecule has 0 amide bonds. The first kappa shape index (κ1) is 15.9. The van der Waals surface area contributed by atoms with Crippen LogP contribution in [-0.4, -0.2) is 48.4 Å². The molecule has 1 fully saturated rings. The molecule has 9 heteroatoms. The SMILES string of the molecule is CCOC(=O)C1CCN(S(=O)(=O)NCc2cnc[nH]2)CC1. The Labute approximate surface area is 124 Å². The van der Waals surface area contributed by atoms with E-state index in [1.165, 1.54) is 10.6 Å². The summed E-state index contributed by atoms with van der Waals surface area (Å²) in [6, 6.07) is 0. The summed E-state index contributed by atoms with van der Waals surface area (Å²) >= 11 is 0. The number of piperidine rings is 1. The van der Waals surface area contributed by atoms with E-state index in [1.807, 2.05) is 0 Å². The molecule has 1 aliphatic heterocycles. The van der Waals surface area contributed by atoms with E-state index in [0.29, 0.717) is 38.2 Å². The monoisotopic (exact) mass is 316 g/mol. The molecule has 2 heterocycles. The van der Waals surface area contributed by atoms with Crippen molar-refractivity contribution in [3.05, 3.63) is 18.2 Å². The fraction of sp³-hybridized carbons (Fsp3) is 0.667. The van der Waals surface area contributed by atoms with Crippen molar-refractivity contribution in [2.24, 2.45) is 5.92 Å². The molecule has 2 rings (SSSR count). The number of hydrogen-bond donors (Lipinski definition) is 2. The summed E-state index contributed by atoms with van der Waals surface area (Å²) in [5.41, 5.74) is 0.694. The molecule has 1 aromatic heterocycles. The van der Waals surface area contributed by atoms with Crippen LogP contribution < -0.4 is 4.72 Å². The number of imidazole rings is 1. The Hall–Kier alpha value is -1.45. The van der Waals surface area contributed by atoms with Gasteiger partial charge in [0.05, 0.1) is 25.4 Å². The topological polar surface area (TPSA) is 104 Å². The van der Waals surface area contributed by atoms with Crippen LogP contribution in [-0.2, 0) is 26.3 Å². The summed E-state index contributed by atoms with van der Waals surface area (Å²) in [7, 11) is -3.54. The highest BCUT2D eigenvalue weighted by molar-refractivity contribution is 7.87. The number of H-pyrrole nitrogens is 1. The number of nitrogens with one attached hydrogen (secondary N) is 2. The van der Waals surface area contributed by atoms with Crippen LogP contribution >= 0.6 is 0 Å². The second-order valence-corrected chi connectivity index (χ2v) is 6.58. The van der Waals surface area contributed by atoms with Crippen LogP contribution in [0.25, 0.3) is 0 Å². The van der Waals surface area contributed by atoms with E-state index in [-0.39, 0.29) is 18.4 Å². The lowest BCUT2D eigenvalue weighted by Gasteiger charge is -2.29. The summed E-state index contributed by atoms with van der Waals surface area (Å²) in [5.74, 6) is -0.441. The number of rotatable bonds is 6. The van der Waals surface area contributed by atoms with E-state index < -0.39 is 10.2 Å². The van der Waals surface area contributed by atoms with Crippen LogP contribution in [0.5, 0.6) is 0 Å². The normalized spacial score (nSPS) is 17.8. The molecule has 0 radical (unpaired) electrons. The number of esters is 1. The maximum absolute atomic E-state index is 12.1. The molecule has 0 aromatic carbocycles. The number of ether oxygens (including phenoxy) is 1. The van der Waals surface area contributed by atoms with Crippen LogP contribution in [0.3, 0.4) is 0 Å². The number of nitrogens with zero attached hydrogens (tertiary/aromatic N) is 2. The molecule has 118 valence electrons. The first-order valence-corrected chi connectivity index (χ1v) is 8.35. The average molecular weight is 316 g/mol. The molecule has 1 aliphatic rings. The molecule has 0 unspecified atom stereocenters. The Balaban J connectivity index is 1.84. The number of aromatic nitrogens is 2. The highest BCUT2D eigenvalue weighted by Gasteiger charge is 2.31. The quantitative estimate of drug-likeness (QED) is 0.720. The predicted molar refractivity (Wildman–Crippen MR) is 75.3 cm³/mol. The van der Waals surface area contributed by atoms with Crippen LogP contribution in [0.4, 0.5) is 0 Å². The van der Waals surface area contributed by atoms with Gasteiger partial charge in [0.1, 0.15) is 0 Å². The minimum absolute atomic E-state index is 0.167. The average Bonchev–Trinajstić information content (AvgIpc) is 2.99. The van der Waals surface area contributed by atoms with Gasteiger partial charge in [-0.2, -0.15) is 17.4 Å². The largest absolute Gasteiger partial charge is 0.466 e. The smallest absolute Gasteiger partial charge is 0.309 e. The van der Waals surface area contributed by atoms with Crippen LogP contribution in [0.1, 0.15) is 25.5 Å². The van der Waals surface area contributed by atoms with Gasteiger partial charge in [-0.1, -0.05) is 0 Å². The molecule has 0 aliphatic carbocycles. The highest BCUT2D eigenvalue weighted by Crippen LogP contribution is 2.20. The third-order valence-corrected chi connectivity index (χ3v) is 4.97. The van der Waals surface area contributed by atoms with Crippen molar-refractivity contribution in [2.45, 2.75) is 26.3 Å². The minimum Gasteiger partial charge on any atom is -0.466 e. The van der Waals surface area contributed by atoms with Crippen molar-refractivity contribution in [2.75, 3.05) is 19.7 Å². The molecule has 8 nitrogen and oxygen atoms in total. The zero-order valence-corrected chi connectivity index (χ0v) is 12.7. The van der Waals surface area contributed by atoms with Gasteiger partial charge in [-0.05, 0) is 19.8 Å². The van der Waals surface area contributed by atoms with Gasteiger partial charge >= 0.3 is 5.97 Å². The van der Waals surface area contributed by atoms with Gasteiger partial charge in [-0.25, -0.2) is 4.98 Å². The number of aromatic amines is 1. The fourth-order valence-electron chi connectivity index (χ4n) is 2.23. The molecule has 0 atom stereocenters. The maximum Gasteiger partial charge on any atom is 0.309 e. The van der Waals surface area contributed by atoms with Crippen molar-refractivity contribution in [1.29, 1.82) is 0 Å². The van der Waals surface area contributed by atoms with Gasteiger partial charge in [-0.15, -0.1) is 0 Å². The molecule has 0 saturated carbocycles. The lowest BCUT2D eigenvalue weighted by molar-refractivity contribution is -0.149. The van der Waals surface area contributed by atoms with Gasteiger partial charge < -0.3 is 9.72 Å². The Morgan fingerprint density at radius 1 is 1.52 bits per heavy atom. The summed E-state index contributed by atoms with van der Waals surface area (Å²) in [5, 5.41) is 0. The Kier molecular flexibility index (Phi) is 5.32. The van der Waals surface area contributed by atoms with Gasteiger partial charge in [0.25, 0.3) is 10.2 Å². The zero-order valence-electron chi connectivity index (χ0n) is 11.9. The van der Waals surface area contributed by atoms with Crippen molar-refractivity contribution >= 4 is 16.2 Å². The van der Waals surface area contributed by atoms with Gasteiger partial charge in [0.2, 0.25) is 0 Å². The first-order valence-electron chi connectivity index (χ1n) is 6.91. The number of carbonyl (C=O) groups is 1. The van der Waals surface area contributed by atoms with Gasteiger partial charge in [0.15, 0.2) is 0 Å². The third kappa shape index (κ3) is 4.26. The lowest BCUT2D eigenvalue weighted by atomic mass is 9.98. The van der Waals surface area contributed by atoms with E-state index in [0.717, 1.165) is 0 Å². The Morgan fingerprint density at radius 3 is 2.81 bits per heavy atom. The summed E-state index contributed by atoms with van der Waals surface area (Å²) in [4.78, 5) is 18.3. The second-order valence-electron chi connectivity index (χ2n) is 4.83. The standard InChI is InChI=1S/C12H20N4O4S/c1-2-20-12(17)10-3-5-16(6-4-10)21(18,19)15-8-11-7-13-9-14-11/h7,9-10,15H,2-6,8H2,1H3,(H,13,14). The van der Waals surface area contributed by atoms with Gasteiger partial charge in [0, 0.05) is 25.0 Å². The first-order chi connectivity index (χ1) is 10.0. The van der Waals surface area contributed by atoms with E-state index >= 15 is 0 Å². The number of carbonyl (C=O) groups excluding carboxylic acids is 1. The van der Waals surface area contributed by atoms with E-state index in [9.17, 15) is 13.2 Å². The van der Waals surface area contributed by atoms with Gasteiger partial charge in [-0.3, -0.25) is 4.79 Å². The second kappa shape index (κ2) is 7.01. The molecule has 21 heavy (non-hydrogen) atoms. The third-order valence-electron chi connectivity index (χ3n) is 3.41. The van der Waals surface area contributed by atoms with Crippen molar-refractivity contribution < 1.29 is 17.9 Å². The van der Waals surface area contributed by atoms with Crippen LogP contribution in [0.2, 0.25) is 0 Å². The van der Waals surface area contributed by atoms with Crippen molar-refractivity contribution in [3.63, 3.8) is 0 Å². The van der Waals surface area contributed by atoms with E-state index in [2.05, 4.69) is 14.7 Å². The molecule has 2 N–H and O–H groups in total. The van der Waals surface area contributed by atoms with Crippen molar-refractivity contribution in [1.82, 2.24) is 19.0 Å². The molecular formula is C12H20N4O4S. The summed E-state index contributed by atoms with van der Waals surface area (Å²) in [6.45, 7) is 2.92. The zero-order chi connectivity index (χ0) is 15.3. The maximum atomic E-state index is 12.1. The highest BCUT2D eigenvalue weighted by atomic mass is 32.2. The molecule has 0 bridgehead atoms. The minimum atomic E-state index is -3.54.